The van der Waals surface area contributed by atoms with Crippen molar-refractivity contribution in [1.29, 1.82) is 0 Å². The van der Waals surface area contributed by atoms with Gasteiger partial charge in [-0.3, -0.25) is 0 Å². The minimum absolute atomic E-state index is 0.0963. The van der Waals surface area contributed by atoms with Gasteiger partial charge in [-0.15, -0.1) is 0 Å². The zero-order valence-corrected chi connectivity index (χ0v) is 17.2. The molecule has 0 bridgehead atoms. The smallest absolute Gasteiger partial charge is 0.197 e. The maximum Gasteiger partial charge on any atom is 0.197 e. The van der Waals surface area contributed by atoms with E-state index in [4.69, 9.17) is 4.74 Å². The van der Waals surface area contributed by atoms with E-state index in [1.54, 1.807) is 17.8 Å². The van der Waals surface area contributed by atoms with E-state index in [0.29, 0.717) is 28.1 Å². The summed E-state index contributed by atoms with van der Waals surface area (Å²) in [5.74, 6) is 0.854. The number of fused-ring (bicyclic) bond motifs is 2. The standard InChI is InChI=1S/C21H24FN7O/c1-12(2)16-17-14(9-24-21(18(17)22)28-6-4-23-5-7-28)27-19(16)13-8-15(30-3)20-25-11-26-29(20)10-13/h8-12,23,27H,4-7H2,1-3H3. The topological polar surface area (TPSA) is 83.4 Å². The maximum atomic E-state index is 15.8. The van der Waals surface area contributed by atoms with Crippen LogP contribution in [0.3, 0.4) is 0 Å². The first-order valence-corrected chi connectivity index (χ1v) is 10.1. The van der Waals surface area contributed by atoms with Gasteiger partial charge in [0.1, 0.15) is 6.33 Å². The van der Waals surface area contributed by atoms with Gasteiger partial charge in [-0.05, 0) is 17.5 Å². The van der Waals surface area contributed by atoms with Gasteiger partial charge in [0.05, 0.1) is 24.5 Å². The van der Waals surface area contributed by atoms with E-state index in [2.05, 4.69) is 39.2 Å². The first kappa shape index (κ1) is 18.8. The average Bonchev–Trinajstić information content (AvgIpc) is 3.39. The van der Waals surface area contributed by atoms with E-state index in [9.17, 15) is 0 Å². The highest BCUT2D eigenvalue weighted by atomic mass is 19.1. The minimum Gasteiger partial charge on any atom is -0.493 e. The molecule has 0 aliphatic carbocycles. The minimum atomic E-state index is -0.269. The van der Waals surface area contributed by atoms with E-state index in [1.807, 2.05) is 17.2 Å². The molecule has 156 valence electrons. The number of anilines is 1. The molecule has 0 amide bonds. The zero-order valence-electron chi connectivity index (χ0n) is 17.2. The molecule has 2 N–H and O–H groups in total. The van der Waals surface area contributed by atoms with Gasteiger partial charge in [0.15, 0.2) is 23.0 Å². The number of hydrogen-bond donors (Lipinski definition) is 2. The molecular weight excluding hydrogens is 385 g/mol. The zero-order chi connectivity index (χ0) is 20.8. The van der Waals surface area contributed by atoms with Gasteiger partial charge in [-0.25, -0.2) is 18.9 Å². The molecule has 5 rings (SSSR count). The van der Waals surface area contributed by atoms with Gasteiger partial charge in [-0.2, -0.15) is 5.10 Å². The van der Waals surface area contributed by atoms with Gasteiger partial charge >= 0.3 is 0 Å². The van der Waals surface area contributed by atoms with Gasteiger partial charge in [0, 0.05) is 43.3 Å². The molecule has 1 aliphatic heterocycles. The van der Waals surface area contributed by atoms with Crippen molar-refractivity contribution >= 4 is 22.4 Å². The third-order valence-electron chi connectivity index (χ3n) is 5.64. The summed E-state index contributed by atoms with van der Waals surface area (Å²) < 4.78 is 22.9. The summed E-state index contributed by atoms with van der Waals surface area (Å²) >= 11 is 0. The summed E-state index contributed by atoms with van der Waals surface area (Å²) in [5.41, 5.74) is 3.93. The second-order valence-corrected chi connectivity index (χ2v) is 7.82. The molecule has 0 radical (unpaired) electrons. The summed E-state index contributed by atoms with van der Waals surface area (Å²) in [4.78, 5) is 14.1. The molecule has 8 nitrogen and oxygen atoms in total. The van der Waals surface area contributed by atoms with Crippen LogP contribution in [0.1, 0.15) is 25.3 Å². The van der Waals surface area contributed by atoms with Crippen LogP contribution in [0.25, 0.3) is 27.8 Å². The lowest BCUT2D eigenvalue weighted by Gasteiger charge is -2.28. The molecule has 0 atom stereocenters. The number of nitrogens with zero attached hydrogens (tertiary/aromatic N) is 5. The molecule has 30 heavy (non-hydrogen) atoms. The predicted octanol–water partition coefficient (Wildman–Crippen LogP) is 2.95. The molecule has 9 heteroatoms. The van der Waals surface area contributed by atoms with Crippen LogP contribution in [0, 0.1) is 5.82 Å². The molecule has 5 heterocycles. The summed E-state index contributed by atoms with van der Waals surface area (Å²) in [6.45, 7) is 7.27. The van der Waals surface area contributed by atoms with Crippen LogP contribution < -0.4 is 15.0 Å². The monoisotopic (exact) mass is 409 g/mol. The molecule has 4 aromatic heterocycles. The van der Waals surface area contributed by atoms with E-state index < -0.39 is 0 Å². The Balaban J connectivity index is 1.73. The number of rotatable bonds is 4. The fourth-order valence-corrected chi connectivity index (χ4v) is 4.25. The number of piperazine rings is 1. The van der Waals surface area contributed by atoms with E-state index >= 15 is 4.39 Å². The first-order chi connectivity index (χ1) is 14.6. The van der Waals surface area contributed by atoms with E-state index in [0.717, 1.165) is 43.0 Å². The highest BCUT2D eigenvalue weighted by Gasteiger charge is 2.25. The van der Waals surface area contributed by atoms with Gasteiger partial charge in [0.25, 0.3) is 0 Å². The molecule has 0 saturated carbocycles. The average molecular weight is 409 g/mol. The van der Waals surface area contributed by atoms with Crippen LogP contribution in [0.15, 0.2) is 24.8 Å². The third kappa shape index (κ3) is 2.88. The normalized spacial score (nSPS) is 14.9. The quantitative estimate of drug-likeness (QED) is 0.539. The largest absolute Gasteiger partial charge is 0.493 e. The lowest BCUT2D eigenvalue weighted by atomic mass is 9.96. The number of methoxy groups -OCH3 is 1. The number of halogens is 1. The van der Waals surface area contributed by atoms with E-state index in [1.165, 1.54) is 6.33 Å². The van der Waals surface area contributed by atoms with Crippen molar-refractivity contribution in [3.8, 4) is 17.0 Å². The Morgan fingerprint density at radius 1 is 1.20 bits per heavy atom. The lowest BCUT2D eigenvalue weighted by molar-refractivity contribution is 0.416. The van der Waals surface area contributed by atoms with Crippen molar-refractivity contribution in [2.45, 2.75) is 19.8 Å². The Morgan fingerprint density at radius 2 is 2.00 bits per heavy atom. The fraction of sp³-hybridized carbons (Fsp3) is 0.381. The van der Waals surface area contributed by atoms with E-state index in [-0.39, 0.29) is 11.7 Å². The number of pyridine rings is 2. The van der Waals surface area contributed by atoms with Crippen LogP contribution in [-0.2, 0) is 0 Å². The molecule has 0 aromatic carbocycles. The molecule has 1 saturated heterocycles. The van der Waals surface area contributed by atoms with Crippen molar-refractivity contribution in [3.63, 3.8) is 0 Å². The Kier molecular flexibility index (Phi) is 4.54. The summed E-state index contributed by atoms with van der Waals surface area (Å²) in [5, 5.41) is 8.14. The Morgan fingerprint density at radius 3 is 2.73 bits per heavy atom. The molecule has 1 aliphatic rings. The van der Waals surface area contributed by atoms with Crippen LogP contribution in [0.2, 0.25) is 0 Å². The van der Waals surface area contributed by atoms with Gasteiger partial charge < -0.3 is 19.9 Å². The SMILES string of the molecule is COc1cc(-c2[nH]c3cnc(N4CCNCC4)c(F)c3c2C(C)C)cn2ncnc12. The summed E-state index contributed by atoms with van der Waals surface area (Å²) in [7, 11) is 1.60. The van der Waals surface area contributed by atoms with Crippen molar-refractivity contribution in [2.24, 2.45) is 0 Å². The first-order valence-electron chi connectivity index (χ1n) is 10.1. The number of H-pyrrole nitrogens is 1. The number of aromatic amines is 1. The van der Waals surface area contributed by atoms with Crippen LogP contribution in [0.4, 0.5) is 10.2 Å². The number of aromatic nitrogens is 5. The molecule has 1 fully saturated rings. The van der Waals surface area contributed by atoms with Crippen LogP contribution >= 0.6 is 0 Å². The van der Waals surface area contributed by atoms with Crippen molar-refractivity contribution < 1.29 is 9.13 Å². The maximum absolute atomic E-state index is 15.8. The highest BCUT2D eigenvalue weighted by molar-refractivity contribution is 5.93. The van der Waals surface area contributed by atoms with Crippen LogP contribution in [-0.4, -0.2) is 57.9 Å². The summed E-state index contributed by atoms with van der Waals surface area (Å²) in [6.07, 6.45) is 5.10. The summed E-state index contributed by atoms with van der Waals surface area (Å²) in [6, 6.07) is 1.91. The number of nitrogens with one attached hydrogen (secondary N) is 2. The Hall–Kier alpha value is -3.20. The number of hydrogen-bond acceptors (Lipinski definition) is 6. The predicted molar refractivity (Wildman–Crippen MR) is 114 cm³/mol. The van der Waals surface area contributed by atoms with Gasteiger partial charge in [-0.1, -0.05) is 13.8 Å². The molecule has 4 aromatic rings. The lowest BCUT2D eigenvalue weighted by Crippen LogP contribution is -2.44. The highest BCUT2D eigenvalue weighted by Crippen LogP contribution is 2.39. The third-order valence-corrected chi connectivity index (χ3v) is 5.64. The second kappa shape index (κ2) is 7.24. The molecule has 0 spiro atoms. The second-order valence-electron chi connectivity index (χ2n) is 7.82. The molecular formula is C21H24FN7O. The Bertz CT molecular complexity index is 1220. The van der Waals surface area contributed by atoms with Crippen molar-refractivity contribution in [2.75, 3.05) is 38.2 Å². The van der Waals surface area contributed by atoms with Crippen LogP contribution in [0.5, 0.6) is 5.75 Å². The van der Waals surface area contributed by atoms with Crippen molar-refractivity contribution in [3.05, 3.63) is 36.2 Å². The van der Waals surface area contributed by atoms with Crippen molar-refractivity contribution in [1.82, 2.24) is 29.9 Å². The molecule has 0 unspecified atom stereocenters. The fourth-order valence-electron chi connectivity index (χ4n) is 4.25. The van der Waals surface area contributed by atoms with Gasteiger partial charge in [0.2, 0.25) is 0 Å². The number of ether oxygens (including phenoxy) is 1. The Labute approximate surface area is 173 Å².